The van der Waals surface area contributed by atoms with Gasteiger partial charge < -0.3 is 9.42 Å². The van der Waals surface area contributed by atoms with Gasteiger partial charge in [-0.2, -0.15) is 0 Å². The molecule has 4 nitrogen and oxygen atoms in total. The van der Waals surface area contributed by atoms with Crippen LogP contribution in [0.25, 0.3) is 0 Å². The van der Waals surface area contributed by atoms with Crippen LogP contribution in [0.15, 0.2) is 40.9 Å². The van der Waals surface area contributed by atoms with Gasteiger partial charge in [-0.3, -0.25) is 4.79 Å². The van der Waals surface area contributed by atoms with Gasteiger partial charge in [-0.1, -0.05) is 54.8 Å². The number of hydrogen-bond acceptors (Lipinski definition) is 3. The zero-order valence-electron chi connectivity index (χ0n) is 14.0. The third kappa shape index (κ3) is 3.23. The van der Waals surface area contributed by atoms with Crippen molar-refractivity contribution in [3.8, 4) is 0 Å². The molecule has 0 bridgehead atoms. The van der Waals surface area contributed by atoms with Crippen molar-refractivity contribution in [2.75, 3.05) is 6.54 Å². The standard InChI is InChI=1S/C20H24N2O2/c23-20-11-17(15-7-3-1-4-8-15)13-22(20)14-18-12-19(21-24-18)16-9-5-2-6-10-16/h1,3-4,7-8,12,16-17H,2,5-6,9-11,13-14H2/t17-/m1/s1. The van der Waals surface area contributed by atoms with E-state index in [1.807, 2.05) is 23.1 Å². The van der Waals surface area contributed by atoms with Gasteiger partial charge in [0.05, 0.1) is 12.2 Å². The summed E-state index contributed by atoms with van der Waals surface area (Å²) in [5.41, 5.74) is 2.32. The summed E-state index contributed by atoms with van der Waals surface area (Å²) in [6, 6.07) is 12.4. The normalized spacial score (nSPS) is 22.2. The highest BCUT2D eigenvalue weighted by Gasteiger charge is 2.31. The van der Waals surface area contributed by atoms with Crippen molar-refractivity contribution in [2.24, 2.45) is 0 Å². The van der Waals surface area contributed by atoms with Crippen molar-refractivity contribution in [2.45, 2.75) is 56.9 Å². The fourth-order valence-electron chi connectivity index (χ4n) is 4.06. The van der Waals surface area contributed by atoms with Gasteiger partial charge in [0.2, 0.25) is 5.91 Å². The Morgan fingerprint density at radius 1 is 1.08 bits per heavy atom. The Hall–Kier alpha value is -2.10. The van der Waals surface area contributed by atoms with Gasteiger partial charge in [-0.15, -0.1) is 0 Å². The predicted molar refractivity (Wildman–Crippen MR) is 91.5 cm³/mol. The van der Waals surface area contributed by atoms with Crippen molar-refractivity contribution in [1.82, 2.24) is 10.1 Å². The van der Waals surface area contributed by atoms with Gasteiger partial charge in [0.25, 0.3) is 0 Å². The molecule has 0 unspecified atom stereocenters. The summed E-state index contributed by atoms with van der Waals surface area (Å²) < 4.78 is 5.53. The summed E-state index contributed by atoms with van der Waals surface area (Å²) >= 11 is 0. The summed E-state index contributed by atoms with van der Waals surface area (Å²) in [4.78, 5) is 14.2. The largest absolute Gasteiger partial charge is 0.359 e. The number of likely N-dealkylation sites (tertiary alicyclic amines) is 1. The average Bonchev–Trinajstić information content (AvgIpc) is 3.24. The number of carbonyl (C=O) groups is 1. The van der Waals surface area contributed by atoms with E-state index >= 15 is 0 Å². The maximum Gasteiger partial charge on any atom is 0.223 e. The molecule has 1 atom stereocenters. The summed E-state index contributed by atoms with van der Waals surface area (Å²) in [5.74, 6) is 1.86. The van der Waals surface area contributed by atoms with Gasteiger partial charge in [0.15, 0.2) is 5.76 Å². The lowest BCUT2D eigenvalue weighted by Crippen LogP contribution is -2.24. The van der Waals surface area contributed by atoms with E-state index < -0.39 is 0 Å². The van der Waals surface area contributed by atoms with Crippen LogP contribution in [0.1, 0.15) is 67.4 Å². The second-order valence-electron chi connectivity index (χ2n) is 7.14. The lowest BCUT2D eigenvalue weighted by atomic mass is 9.87. The van der Waals surface area contributed by atoms with E-state index in [1.165, 1.54) is 37.7 Å². The van der Waals surface area contributed by atoms with E-state index in [0.29, 0.717) is 24.8 Å². The van der Waals surface area contributed by atoms with Gasteiger partial charge >= 0.3 is 0 Å². The molecule has 24 heavy (non-hydrogen) atoms. The van der Waals surface area contributed by atoms with Crippen LogP contribution in [0.5, 0.6) is 0 Å². The molecule has 2 fully saturated rings. The fraction of sp³-hybridized carbons (Fsp3) is 0.500. The monoisotopic (exact) mass is 324 g/mol. The quantitative estimate of drug-likeness (QED) is 0.845. The zero-order chi connectivity index (χ0) is 16.4. The average molecular weight is 324 g/mol. The van der Waals surface area contributed by atoms with Gasteiger partial charge in [0.1, 0.15) is 0 Å². The summed E-state index contributed by atoms with van der Waals surface area (Å²) in [7, 11) is 0. The highest BCUT2D eigenvalue weighted by atomic mass is 16.5. The van der Waals surface area contributed by atoms with E-state index in [-0.39, 0.29) is 5.91 Å². The molecule has 1 aliphatic heterocycles. The van der Waals surface area contributed by atoms with Crippen molar-refractivity contribution in [3.63, 3.8) is 0 Å². The SMILES string of the molecule is O=C1C[C@@H](c2ccccc2)CN1Cc1cc(C2CCCCC2)no1. The zero-order valence-corrected chi connectivity index (χ0v) is 14.0. The van der Waals surface area contributed by atoms with Crippen LogP contribution in [0.4, 0.5) is 0 Å². The third-order valence-corrected chi connectivity index (χ3v) is 5.43. The molecule has 2 aromatic rings. The van der Waals surface area contributed by atoms with Gasteiger partial charge in [-0.05, 0) is 18.4 Å². The minimum Gasteiger partial charge on any atom is -0.359 e. The van der Waals surface area contributed by atoms with Crippen LogP contribution in [0.3, 0.4) is 0 Å². The van der Waals surface area contributed by atoms with Crippen LogP contribution >= 0.6 is 0 Å². The molecule has 1 aromatic carbocycles. The molecular formula is C20H24N2O2. The third-order valence-electron chi connectivity index (χ3n) is 5.43. The molecule has 1 aliphatic carbocycles. The van der Waals surface area contributed by atoms with Gasteiger partial charge in [0, 0.05) is 30.9 Å². The van der Waals surface area contributed by atoms with Crippen molar-refractivity contribution >= 4 is 5.91 Å². The van der Waals surface area contributed by atoms with Crippen LogP contribution in [0.2, 0.25) is 0 Å². The molecule has 4 heteroatoms. The maximum atomic E-state index is 12.3. The van der Waals surface area contributed by atoms with E-state index in [2.05, 4.69) is 23.4 Å². The highest BCUT2D eigenvalue weighted by Crippen LogP contribution is 2.33. The Bertz CT molecular complexity index is 689. The smallest absolute Gasteiger partial charge is 0.223 e. The molecule has 0 N–H and O–H groups in total. The van der Waals surface area contributed by atoms with Crippen molar-refractivity contribution < 1.29 is 9.32 Å². The summed E-state index contributed by atoms with van der Waals surface area (Å²) in [6.07, 6.45) is 6.93. The number of aromatic nitrogens is 1. The molecule has 1 amide bonds. The molecule has 0 spiro atoms. The Labute approximate surface area is 142 Å². The number of nitrogens with zero attached hydrogens (tertiary/aromatic N) is 2. The van der Waals surface area contributed by atoms with Crippen LogP contribution in [-0.2, 0) is 11.3 Å². The number of amides is 1. The van der Waals surface area contributed by atoms with Crippen molar-refractivity contribution in [1.29, 1.82) is 0 Å². The fourth-order valence-corrected chi connectivity index (χ4v) is 4.06. The molecular weight excluding hydrogens is 300 g/mol. The Balaban J connectivity index is 1.40. The number of hydrogen-bond donors (Lipinski definition) is 0. The Kier molecular flexibility index (Phi) is 4.37. The van der Waals surface area contributed by atoms with Crippen LogP contribution < -0.4 is 0 Å². The molecule has 126 valence electrons. The first-order valence-corrected chi connectivity index (χ1v) is 9.08. The number of rotatable bonds is 4. The second-order valence-corrected chi connectivity index (χ2v) is 7.14. The number of carbonyl (C=O) groups excluding carboxylic acids is 1. The molecule has 0 radical (unpaired) electrons. The lowest BCUT2D eigenvalue weighted by Gasteiger charge is -2.18. The Morgan fingerprint density at radius 2 is 1.88 bits per heavy atom. The summed E-state index contributed by atoms with van der Waals surface area (Å²) in [5, 5.41) is 4.27. The van der Waals surface area contributed by atoms with Gasteiger partial charge in [-0.25, -0.2) is 0 Å². The van der Waals surface area contributed by atoms with Crippen molar-refractivity contribution in [3.05, 3.63) is 53.4 Å². The first-order chi connectivity index (χ1) is 11.8. The van der Waals surface area contributed by atoms with Crippen LogP contribution in [-0.4, -0.2) is 22.5 Å². The van der Waals surface area contributed by atoms with E-state index in [0.717, 1.165) is 18.0 Å². The molecule has 1 saturated carbocycles. The van der Waals surface area contributed by atoms with E-state index in [4.69, 9.17) is 4.52 Å². The Morgan fingerprint density at radius 3 is 2.67 bits per heavy atom. The molecule has 1 saturated heterocycles. The first kappa shape index (κ1) is 15.4. The predicted octanol–water partition coefficient (Wildman–Crippen LogP) is 4.24. The van der Waals surface area contributed by atoms with Crippen LogP contribution in [0, 0.1) is 0 Å². The molecule has 1 aromatic heterocycles. The first-order valence-electron chi connectivity index (χ1n) is 9.08. The highest BCUT2D eigenvalue weighted by molar-refractivity contribution is 5.79. The molecule has 2 aliphatic rings. The summed E-state index contributed by atoms with van der Waals surface area (Å²) in [6.45, 7) is 1.31. The lowest BCUT2D eigenvalue weighted by molar-refractivity contribution is -0.128. The number of benzene rings is 1. The molecule has 4 rings (SSSR count). The minimum atomic E-state index is 0.208. The topological polar surface area (TPSA) is 46.3 Å². The van der Waals surface area contributed by atoms with E-state index in [1.54, 1.807) is 0 Å². The minimum absolute atomic E-state index is 0.208. The van der Waals surface area contributed by atoms with E-state index in [9.17, 15) is 4.79 Å². The second kappa shape index (κ2) is 6.80. The maximum absolute atomic E-state index is 12.3. The molecule has 2 heterocycles.